The minimum Gasteiger partial charge on any atom is -0.369 e. The predicted octanol–water partition coefficient (Wildman–Crippen LogP) is 0.961. The summed E-state index contributed by atoms with van der Waals surface area (Å²) in [4.78, 5) is 3.73. The van der Waals surface area contributed by atoms with Crippen molar-refractivity contribution in [2.45, 2.75) is 6.54 Å². The Hall–Kier alpha value is -1.98. The van der Waals surface area contributed by atoms with Crippen LogP contribution in [0.5, 0.6) is 0 Å². The molecule has 0 unspecified atom stereocenters. The summed E-state index contributed by atoms with van der Waals surface area (Å²) in [6, 6.07) is 3.66. The number of halogens is 1. The fourth-order valence-corrected chi connectivity index (χ4v) is 1.07. The van der Waals surface area contributed by atoms with Crippen molar-refractivity contribution in [2.24, 2.45) is 0 Å². The minimum atomic E-state index is 0.0352. The van der Waals surface area contributed by atoms with Crippen LogP contribution in [0.3, 0.4) is 0 Å². The molecule has 0 aliphatic carbocycles. The summed E-state index contributed by atoms with van der Waals surface area (Å²) in [6.45, 7) is 0.326. The van der Waals surface area contributed by atoms with E-state index < -0.39 is 0 Å². The Kier molecular flexibility index (Phi) is 3.11. The van der Waals surface area contributed by atoms with Gasteiger partial charge in [-0.3, -0.25) is 4.57 Å². The molecule has 0 atom stereocenters. The Bertz CT molecular complexity index is 446. The van der Waals surface area contributed by atoms with Gasteiger partial charge < -0.3 is 5.73 Å². The molecule has 1 rings (SSSR count). The summed E-state index contributed by atoms with van der Waals surface area (Å²) in [5.74, 6) is 0.132. The molecule has 0 saturated carbocycles. The van der Waals surface area contributed by atoms with Gasteiger partial charge in [-0.15, -0.1) is 0 Å². The van der Waals surface area contributed by atoms with Crippen LogP contribution in [0, 0.1) is 22.7 Å². The molecule has 0 spiro atoms. The smallest absolute Gasteiger partial charge is 0.202 e. The van der Waals surface area contributed by atoms with Crippen molar-refractivity contribution in [3.8, 4) is 12.1 Å². The van der Waals surface area contributed by atoms with E-state index in [0.717, 1.165) is 0 Å². The number of hydrogen-bond acceptors (Lipinski definition) is 4. The van der Waals surface area contributed by atoms with E-state index in [9.17, 15) is 0 Å². The second-order valence-electron chi connectivity index (χ2n) is 2.36. The maximum absolute atomic E-state index is 8.77. The second kappa shape index (κ2) is 4.31. The van der Waals surface area contributed by atoms with E-state index in [-0.39, 0.29) is 17.3 Å². The van der Waals surface area contributed by atoms with Crippen molar-refractivity contribution < 1.29 is 0 Å². The first-order chi connectivity index (χ1) is 6.74. The number of nitriles is 2. The van der Waals surface area contributed by atoms with Gasteiger partial charge in [0.05, 0.1) is 0 Å². The number of rotatable bonds is 2. The maximum atomic E-state index is 8.77. The number of anilines is 1. The second-order valence-corrected chi connectivity index (χ2v) is 2.62. The lowest BCUT2D eigenvalue weighted by atomic mass is 10.3. The minimum absolute atomic E-state index is 0.0352. The van der Waals surface area contributed by atoms with E-state index in [1.807, 2.05) is 6.07 Å². The number of nitrogens with two attached hydrogens (primary N) is 1. The Morgan fingerprint density at radius 1 is 1.50 bits per heavy atom. The van der Waals surface area contributed by atoms with E-state index in [1.54, 1.807) is 12.1 Å². The summed E-state index contributed by atoms with van der Waals surface area (Å²) in [5, 5.41) is 17.4. The molecule has 70 valence electrons. The SMILES string of the molecule is N#Cc1nc(N)n(C/C=C/Cl)c1C#N. The highest BCUT2D eigenvalue weighted by Gasteiger charge is 2.13. The highest BCUT2D eigenvalue weighted by atomic mass is 35.5. The van der Waals surface area contributed by atoms with Crippen molar-refractivity contribution in [1.29, 1.82) is 10.5 Å². The van der Waals surface area contributed by atoms with Crippen LogP contribution in [0.4, 0.5) is 5.95 Å². The third-order valence-corrected chi connectivity index (χ3v) is 1.76. The summed E-state index contributed by atoms with van der Waals surface area (Å²) in [7, 11) is 0. The standard InChI is InChI=1S/C8H6ClN5/c9-2-1-3-14-7(5-11)6(4-10)13-8(14)12/h1-2H,3H2,(H2,12,13)/b2-1+. The molecule has 5 nitrogen and oxygen atoms in total. The third kappa shape index (κ3) is 1.68. The first-order valence-electron chi connectivity index (χ1n) is 3.66. The number of nitrogens with zero attached hydrogens (tertiary/aromatic N) is 4. The van der Waals surface area contributed by atoms with Gasteiger partial charge in [-0.25, -0.2) is 4.98 Å². The lowest BCUT2D eigenvalue weighted by Crippen LogP contribution is -2.03. The van der Waals surface area contributed by atoms with Crippen LogP contribution < -0.4 is 5.73 Å². The summed E-state index contributed by atoms with van der Waals surface area (Å²) in [5.41, 5.74) is 7.01. The molecule has 0 bridgehead atoms. The lowest BCUT2D eigenvalue weighted by Gasteiger charge is -1.99. The summed E-state index contributed by atoms with van der Waals surface area (Å²) < 4.78 is 1.41. The normalized spacial score (nSPS) is 9.93. The Morgan fingerprint density at radius 3 is 2.71 bits per heavy atom. The molecular weight excluding hydrogens is 202 g/mol. The summed E-state index contributed by atoms with van der Waals surface area (Å²) >= 11 is 5.34. The van der Waals surface area contributed by atoms with E-state index in [2.05, 4.69) is 4.98 Å². The van der Waals surface area contributed by atoms with Crippen molar-refractivity contribution in [1.82, 2.24) is 9.55 Å². The Labute approximate surface area is 85.6 Å². The van der Waals surface area contributed by atoms with Crippen molar-refractivity contribution in [3.63, 3.8) is 0 Å². The van der Waals surface area contributed by atoms with Crippen LogP contribution in [0.1, 0.15) is 11.4 Å². The molecule has 0 saturated heterocycles. The molecular formula is C8H6ClN5. The Balaban J connectivity index is 3.22. The number of hydrogen-bond donors (Lipinski definition) is 1. The first-order valence-corrected chi connectivity index (χ1v) is 4.09. The Morgan fingerprint density at radius 2 is 2.21 bits per heavy atom. The van der Waals surface area contributed by atoms with Gasteiger partial charge in [-0.2, -0.15) is 10.5 Å². The first kappa shape index (κ1) is 10.1. The largest absolute Gasteiger partial charge is 0.369 e. The topological polar surface area (TPSA) is 91.4 Å². The van der Waals surface area contributed by atoms with Crippen LogP contribution in [-0.4, -0.2) is 9.55 Å². The van der Waals surface area contributed by atoms with Crippen LogP contribution in [-0.2, 0) is 6.54 Å². The fourth-order valence-electron chi connectivity index (χ4n) is 0.992. The number of nitrogen functional groups attached to an aromatic ring is 1. The molecule has 1 heterocycles. The highest BCUT2D eigenvalue weighted by Crippen LogP contribution is 2.12. The zero-order valence-electron chi connectivity index (χ0n) is 7.11. The molecule has 0 aliphatic heterocycles. The molecule has 1 aromatic heterocycles. The summed E-state index contributed by atoms with van der Waals surface area (Å²) in [6.07, 6.45) is 1.60. The molecule has 0 radical (unpaired) electrons. The van der Waals surface area contributed by atoms with Gasteiger partial charge in [0.2, 0.25) is 5.95 Å². The molecule has 6 heteroatoms. The molecule has 1 aromatic rings. The van der Waals surface area contributed by atoms with Gasteiger partial charge in [-0.1, -0.05) is 17.7 Å². The zero-order valence-corrected chi connectivity index (χ0v) is 7.86. The fraction of sp³-hybridized carbons (Fsp3) is 0.125. The quantitative estimate of drug-likeness (QED) is 0.782. The van der Waals surface area contributed by atoms with Gasteiger partial charge in [0.25, 0.3) is 0 Å². The molecule has 2 N–H and O–H groups in total. The van der Waals surface area contributed by atoms with Crippen LogP contribution in [0.25, 0.3) is 0 Å². The van der Waals surface area contributed by atoms with E-state index in [0.29, 0.717) is 6.54 Å². The molecule has 14 heavy (non-hydrogen) atoms. The van der Waals surface area contributed by atoms with Gasteiger partial charge in [-0.05, 0) is 0 Å². The van der Waals surface area contributed by atoms with Crippen LogP contribution in [0.15, 0.2) is 11.6 Å². The zero-order chi connectivity index (χ0) is 10.6. The van der Waals surface area contributed by atoms with Gasteiger partial charge in [0.15, 0.2) is 11.4 Å². The average molecular weight is 208 g/mol. The predicted molar refractivity (Wildman–Crippen MR) is 51.1 cm³/mol. The molecule has 0 amide bonds. The molecule has 0 aromatic carbocycles. The van der Waals surface area contributed by atoms with Gasteiger partial charge in [0.1, 0.15) is 12.1 Å². The van der Waals surface area contributed by atoms with Crippen molar-refractivity contribution in [2.75, 3.05) is 5.73 Å². The number of aromatic nitrogens is 2. The van der Waals surface area contributed by atoms with E-state index in [4.69, 9.17) is 27.9 Å². The lowest BCUT2D eigenvalue weighted by molar-refractivity contribution is 0.822. The van der Waals surface area contributed by atoms with Crippen molar-refractivity contribution in [3.05, 3.63) is 23.0 Å². The van der Waals surface area contributed by atoms with Gasteiger partial charge in [0, 0.05) is 12.1 Å². The maximum Gasteiger partial charge on any atom is 0.202 e. The average Bonchev–Trinajstić information content (AvgIpc) is 2.51. The van der Waals surface area contributed by atoms with Crippen LogP contribution in [0.2, 0.25) is 0 Å². The molecule has 0 fully saturated rings. The van der Waals surface area contributed by atoms with E-state index >= 15 is 0 Å². The van der Waals surface area contributed by atoms with Crippen molar-refractivity contribution >= 4 is 17.5 Å². The highest BCUT2D eigenvalue weighted by molar-refractivity contribution is 6.25. The third-order valence-electron chi connectivity index (χ3n) is 1.59. The van der Waals surface area contributed by atoms with Crippen LogP contribution >= 0.6 is 11.6 Å². The number of imidazole rings is 1. The number of allylic oxidation sites excluding steroid dienone is 1. The monoisotopic (exact) mass is 207 g/mol. The van der Waals surface area contributed by atoms with Gasteiger partial charge >= 0.3 is 0 Å². The van der Waals surface area contributed by atoms with E-state index in [1.165, 1.54) is 10.1 Å². The molecule has 0 aliphatic rings.